The van der Waals surface area contributed by atoms with Crippen LogP contribution in [0.5, 0.6) is 0 Å². The number of hydrogen-bond donors (Lipinski definition) is 0. The van der Waals surface area contributed by atoms with E-state index in [9.17, 15) is 4.79 Å². The van der Waals surface area contributed by atoms with E-state index in [1.807, 2.05) is 32.9 Å². The molecule has 0 radical (unpaired) electrons. The number of ether oxygens (including phenoxy) is 1. The lowest BCUT2D eigenvalue weighted by Gasteiger charge is -2.30. The number of hydrogen-bond acceptors (Lipinski definition) is 3. The summed E-state index contributed by atoms with van der Waals surface area (Å²) in [5.74, 6) is 0.150. The SMILES string of the molecule is CCOC(CC)(CC)C(=O)Cc1cccnc1. The van der Waals surface area contributed by atoms with E-state index in [1.54, 1.807) is 12.4 Å². The Hall–Kier alpha value is -1.22. The molecule has 0 N–H and O–H groups in total. The smallest absolute Gasteiger partial charge is 0.169 e. The van der Waals surface area contributed by atoms with Crippen molar-refractivity contribution in [3.63, 3.8) is 0 Å². The van der Waals surface area contributed by atoms with Gasteiger partial charge in [0.15, 0.2) is 5.78 Å². The number of carbonyl (C=O) groups excluding carboxylic acids is 1. The van der Waals surface area contributed by atoms with Gasteiger partial charge in [-0.1, -0.05) is 19.9 Å². The summed E-state index contributed by atoms with van der Waals surface area (Å²) in [5.41, 5.74) is 0.327. The van der Waals surface area contributed by atoms with Gasteiger partial charge in [0.25, 0.3) is 0 Å². The molecule has 0 aliphatic heterocycles. The molecule has 0 aliphatic rings. The van der Waals surface area contributed by atoms with E-state index in [0.29, 0.717) is 13.0 Å². The lowest BCUT2D eigenvalue weighted by molar-refractivity contribution is -0.144. The summed E-state index contributed by atoms with van der Waals surface area (Å²) in [6.45, 7) is 6.50. The highest BCUT2D eigenvalue weighted by Gasteiger charge is 2.34. The minimum Gasteiger partial charge on any atom is -0.368 e. The van der Waals surface area contributed by atoms with Gasteiger partial charge in [-0.3, -0.25) is 9.78 Å². The normalized spacial score (nSPS) is 11.5. The number of nitrogens with zero attached hydrogens (tertiary/aromatic N) is 1. The van der Waals surface area contributed by atoms with Crippen LogP contribution in [0.1, 0.15) is 39.2 Å². The lowest BCUT2D eigenvalue weighted by Crippen LogP contribution is -2.41. The number of ketones is 1. The second kappa shape index (κ2) is 6.50. The number of Topliss-reactive ketones (excluding diaryl/α,β-unsaturated/α-hetero) is 1. The molecule has 0 fully saturated rings. The first-order valence-electron chi connectivity index (χ1n) is 6.24. The van der Waals surface area contributed by atoms with E-state index in [0.717, 1.165) is 18.4 Å². The van der Waals surface area contributed by atoms with Gasteiger partial charge in [-0.2, -0.15) is 0 Å². The fraction of sp³-hybridized carbons (Fsp3) is 0.571. The van der Waals surface area contributed by atoms with Crippen LogP contribution in [-0.2, 0) is 16.0 Å². The molecule has 0 aliphatic carbocycles. The van der Waals surface area contributed by atoms with E-state index in [4.69, 9.17) is 4.74 Å². The Morgan fingerprint density at radius 1 is 1.35 bits per heavy atom. The summed E-state index contributed by atoms with van der Waals surface area (Å²) in [5, 5.41) is 0. The molecule has 1 rings (SSSR count). The molecule has 0 spiro atoms. The van der Waals surface area contributed by atoms with Gasteiger partial charge in [0, 0.05) is 25.4 Å². The first-order chi connectivity index (χ1) is 8.18. The van der Waals surface area contributed by atoms with Crippen LogP contribution in [0.2, 0.25) is 0 Å². The topological polar surface area (TPSA) is 39.2 Å². The number of aromatic nitrogens is 1. The Labute approximate surface area is 103 Å². The third-order valence-electron chi connectivity index (χ3n) is 3.16. The summed E-state index contributed by atoms with van der Waals surface area (Å²) in [7, 11) is 0. The van der Waals surface area contributed by atoms with Crippen molar-refractivity contribution in [2.75, 3.05) is 6.61 Å². The van der Waals surface area contributed by atoms with Gasteiger partial charge >= 0.3 is 0 Å². The van der Waals surface area contributed by atoms with Crippen molar-refractivity contribution in [2.24, 2.45) is 0 Å². The predicted octanol–water partition coefficient (Wildman–Crippen LogP) is 2.79. The average Bonchev–Trinajstić information content (AvgIpc) is 2.37. The summed E-state index contributed by atoms with van der Waals surface area (Å²) >= 11 is 0. The maximum absolute atomic E-state index is 12.3. The van der Waals surface area contributed by atoms with Gasteiger partial charge in [-0.25, -0.2) is 0 Å². The van der Waals surface area contributed by atoms with Crippen LogP contribution in [0, 0.1) is 0 Å². The average molecular weight is 235 g/mol. The highest BCUT2D eigenvalue weighted by molar-refractivity contribution is 5.89. The maximum atomic E-state index is 12.3. The number of pyridine rings is 1. The van der Waals surface area contributed by atoms with E-state index in [-0.39, 0.29) is 5.78 Å². The third-order valence-corrected chi connectivity index (χ3v) is 3.16. The van der Waals surface area contributed by atoms with Crippen molar-refractivity contribution in [3.05, 3.63) is 30.1 Å². The zero-order valence-corrected chi connectivity index (χ0v) is 10.9. The molecule has 0 bridgehead atoms. The highest BCUT2D eigenvalue weighted by atomic mass is 16.5. The first kappa shape index (κ1) is 13.8. The van der Waals surface area contributed by atoms with Crippen LogP contribution >= 0.6 is 0 Å². The van der Waals surface area contributed by atoms with E-state index in [2.05, 4.69) is 4.98 Å². The molecular weight excluding hydrogens is 214 g/mol. The van der Waals surface area contributed by atoms with Crippen molar-refractivity contribution in [2.45, 2.75) is 45.6 Å². The molecule has 0 amide bonds. The second-order valence-electron chi connectivity index (χ2n) is 4.10. The molecule has 0 unspecified atom stereocenters. The Morgan fingerprint density at radius 3 is 2.53 bits per heavy atom. The van der Waals surface area contributed by atoms with Crippen LogP contribution in [-0.4, -0.2) is 23.0 Å². The zero-order valence-electron chi connectivity index (χ0n) is 10.9. The summed E-state index contributed by atoms with van der Waals surface area (Å²) < 4.78 is 5.69. The number of rotatable bonds is 7. The van der Waals surface area contributed by atoms with Crippen LogP contribution in [0.15, 0.2) is 24.5 Å². The molecule has 1 heterocycles. The number of carbonyl (C=O) groups is 1. The molecular formula is C14H21NO2. The van der Waals surface area contributed by atoms with Crippen molar-refractivity contribution in [3.8, 4) is 0 Å². The van der Waals surface area contributed by atoms with Crippen molar-refractivity contribution in [1.82, 2.24) is 4.98 Å². The fourth-order valence-electron chi connectivity index (χ4n) is 2.05. The molecule has 0 saturated heterocycles. The van der Waals surface area contributed by atoms with E-state index < -0.39 is 5.60 Å². The molecule has 0 aromatic carbocycles. The Balaban J connectivity index is 2.79. The van der Waals surface area contributed by atoms with Gasteiger partial charge in [-0.15, -0.1) is 0 Å². The first-order valence-corrected chi connectivity index (χ1v) is 6.24. The van der Waals surface area contributed by atoms with Gasteiger partial charge in [0.1, 0.15) is 5.60 Å². The van der Waals surface area contributed by atoms with Gasteiger partial charge < -0.3 is 4.74 Å². The second-order valence-corrected chi connectivity index (χ2v) is 4.10. The van der Waals surface area contributed by atoms with Crippen LogP contribution in [0.25, 0.3) is 0 Å². The monoisotopic (exact) mass is 235 g/mol. The van der Waals surface area contributed by atoms with E-state index in [1.165, 1.54) is 0 Å². The van der Waals surface area contributed by atoms with Crippen LogP contribution in [0.3, 0.4) is 0 Å². The van der Waals surface area contributed by atoms with Crippen molar-refractivity contribution >= 4 is 5.78 Å². The maximum Gasteiger partial charge on any atom is 0.169 e. The van der Waals surface area contributed by atoms with Crippen LogP contribution < -0.4 is 0 Å². The van der Waals surface area contributed by atoms with Gasteiger partial charge in [-0.05, 0) is 31.4 Å². The Kier molecular flexibility index (Phi) is 5.29. The standard InChI is InChI=1S/C14H21NO2/c1-4-14(5-2,17-6-3)13(16)10-12-8-7-9-15-11-12/h7-9,11H,4-6,10H2,1-3H3. The Bertz CT molecular complexity index is 344. The summed E-state index contributed by atoms with van der Waals surface area (Å²) in [6, 6.07) is 3.77. The minimum atomic E-state index is -0.620. The van der Waals surface area contributed by atoms with Crippen molar-refractivity contribution < 1.29 is 9.53 Å². The molecule has 94 valence electrons. The summed E-state index contributed by atoms with van der Waals surface area (Å²) in [6.07, 6.45) is 5.28. The largest absolute Gasteiger partial charge is 0.368 e. The zero-order chi connectivity index (χ0) is 12.7. The fourth-order valence-corrected chi connectivity index (χ4v) is 2.05. The molecule has 0 atom stereocenters. The summed E-state index contributed by atoms with van der Waals surface area (Å²) in [4.78, 5) is 16.4. The highest BCUT2D eigenvalue weighted by Crippen LogP contribution is 2.23. The molecule has 17 heavy (non-hydrogen) atoms. The minimum absolute atomic E-state index is 0.150. The third kappa shape index (κ3) is 3.37. The van der Waals surface area contributed by atoms with Gasteiger partial charge in [0.05, 0.1) is 0 Å². The lowest BCUT2D eigenvalue weighted by atomic mass is 9.88. The van der Waals surface area contributed by atoms with Gasteiger partial charge in [0.2, 0.25) is 0 Å². The predicted molar refractivity (Wildman–Crippen MR) is 67.9 cm³/mol. The van der Waals surface area contributed by atoms with Crippen LogP contribution in [0.4, 0.5) is 0 Å². The quantitative estimate of drug-likeness (QED) is 0.729. The Morgan fingerprint density at radius 2 is 2.06 bits per heavy atom. The molecule has 1 aromatic rings. The van der Waals surface area contributed by atoms with E-state index >= 15 is 0 Å². The molecule has 0 saturated carbocycles. The van der Waals surface area contributed by atoms with Crippen molar-refractivity contribution in [1.29, 1.82) is 0 Å². The molecule has 3 nitrogen and oxygen atoms in total. The molecule has 3 heteroatoms. The molecule has 1 aromatic heterocycles.